The molecule has 1 unspecified atom stereocenters. The molecule has 2 amide bonds. The average molecular weight is 213 g/mol. The van der Waals surface area contributed by atoms with E-state index in [1.54, 1.807) is 6.92 Å². The van der Waals surface area contributed by atoms with Crippen molar-refractivity contribution < 1.29 is 9.59 Å². The molecule has 1 saturated carbocycles. The Morgan fingerprint density at radius 3 is 2.47 bits per heavy atom. The number of nitrogens with one attached hydrogen (secondary N) is 2. The number of rotatable bonds is 5. The molecule has 0 aromatic rings. The highest BCUT2D eigenvalue weighted by atomic mass is 16.2. The fourth-order valence-electron chi connectivity index (χ4n) is 1.42. The first-order chi connectivity index (χ1) is 7.05. The fraction of sp³-hybridized carbons (Fsp3) is 0.800. The van der Waals surface area contributed by atoms with Gasteiger partial charge in [-0.05, 0) is 26.7 Å². The lowest BCUT2D eigenvalue weighted by molar-refractivity contribution is -0.131. The monoisotopic (exact) mass is 213 g/mol. The first-order valence-corrected chi connectivity index (χ1v) is 5.34. The molecule has 0 radical (unpaired) electrons. The van der Waals surface area contributed by atoms with Crippen LogP contribution >= 0.6 is 0 Å². The normalized spacial score (nSPS) is 19.1. The summed E-state index contributed by atoms with van der Waals surface area (Å²) in [6.45, 7) is 4.45. The van der Waals surface area contributed by atoms with Gasteiger partial charge in [-0.2, -0.15) is 0 Å². The number of nitrogens with two attached hydrogens (primary N) is 1. The van der Waals surface area contributed by atoms with Crippen LogP contribution in [0.15, 0.2) is 0 Å². The summed E-state index contributed by atoms with van der Waals surface area (Å²) in [7, 11) is 0. The summed E-state index contributed by atoms with van der Waals surface area (Å²) in [4.78, 5) is 23.1. The maximum atomic E-state index is 11.7. The summed E-state index contributed by atoms with van der Waals surface area (Å²) in [6, 6.07) is -0.485. The topological polar surface area (TPSA) is 84.2 Å². The van der Waals surface area contributed by atoms with Crippen molar-refractivity contribution in [2.45, 2.75) is 32.7 Å². The minimum absolute atomic E-state index is 0.0937. The van der Waals surface area contributed by atoms with Crippen molar-refractivity contribution in [3.05, 3.63) is 0 Å². The lowest BCUT2D eigenvalue weighted by atomic mass is 10.1. The van der Waals surface area contributed by atoms with Crippen molar-refractivity contribution in [3.8, 4) is 0 Å². The van der Waals surface area contributed by atoms with E-state index in [-0.39, 0.29) is 17.2 Å². The third-order valence-electron chi connectivity index (χ3n) is 2.82. The molecule has 0 aromatic carbocycles. The molecule has 0 heterocycles. The van der Waals surface area contributed by atoms with Crippen LogP contribution in [0, 0.1) is 5.41 Å². The zero-order valence-corrected chi connectivity index (χ0v) is 9.30. The van der Waals surface area contributed by atoms with Crippen LogP contribution < -0.4 is 16.4 Å². The molecule has 1 aliphatic rings. The van der Waals surface area contributed by atoms with Gasteiger partial charge in [0, 0.05) is 13.1 Å². The van der Waals surface area contributed by atoms with Crippen LogP contribution in [-0.2, 0) is 9.59 Å². The first-order valence-electron chi connectivity index (χ1n) is 5.34. The van der Waals surface area contributed by atoms with Gasteiger partial charge in [-0.25, -0.2) is 0 Å². The van der Waals surface area contributed by atoms with Gasteiger partial charge in [0.1, 0.15) is 6.04 Å². The predicted molar refractivity (Wildman–Crippen MR) is 57.0 cm³/mol. The third-order valence-corrected chi connectivity index (χ3v) is 2.82. The molecule has 1 rings (SSSR count). The highest BCUT2D eigenvalue weighted by Gasteiger charge is 2.48. The van der Waals surface area contributed by atoms with E-state index >= 15 is 0 Å². The van der Waals surface area contributed by atoms with Gasteiger partial charge in [0.05, 0.1) is 5.41 Å². The lowest BCUT2D eigenvalue weighted by Gasteiger charge is -2.17. The molecule has 5 nitrogen and oxygen atoms in total. The summed E-state index contributed by atoms with van der Waals surface area (Å²) < 4.78 is 0. The molecule has 4 N–H and O–H groups in total. The van der Waals surface area contributed by atoms with E-state index in [4.69, 9.17) is 5.73 Å². The highest BCUT2D eigenvalue weighted by Crippen LogP contribution is 2.44. The van der Waals surface area contributed by atoms with Crippen molar-refractivity contribution in [1.29, 1.82) is 0 Å². The van der Waals surface area contributed by atoms with E-state index in [2.05, 4.69) is 10.6 Å². The Bertz CT molecular complexity index is 261. The molecule has 0 aliphatic heterocycles. The highest BCUT2D eigenvalue weighted by molar-refractivity contribution is 5.91. The van der Waals surface area contributed by atoms with Gasteiger partial charge in [-0.3, -0.25) is 9.59 Å². The Kier molecular flexibility index (Phi) is 3.68. The number of hydrogen-bond donors (Lipinski definition) is 3. The van der Waals surface area contributed by atoms with Crippen LogP contribution in [0.3, 0.4) is 0 Å². The van der Waals surface area contributed by atoms with Crippen LogP contribution in [0.1, 0.15) is 26.7 Å². The molecule has 5 heteroatoms. The Hall–Kier alpha value is -1.10. The molecular weight excluding hydrogens is 194 g/mol. The number of amides is 2. The van der Waals surface area contributed by atoms with Crippen LogP contribution in [0.5, 0.6) is 0 Å². The van der Waals surface area contributed by atoms with Crippen LogP contribution in [0.4, 0.5) is 0 Å². The number of carbonyl (C=O) groups is 2. The minimum atomic E-state index is -0.485. The van der Waals surface area contributed by atoms with Crippen molar-refractivity contribution >= 4 is 11.8 Å². The van der Waals surface area contributed by atoms with Gasteiger partial charge in [0.15, 0.2) is 0 Å². The maximum absolute atomic E-state index is 11.7. The fourth-order valence-corrected chi connectivity index (χ4v) is 1.42. The molecule has 15 heavy (non-hydrogen) atoms. The Morgan fingerprint density at radius 1 is 1.47 bits per heavy atom. The second-order valence-electron chi connectivity index (χ2n) is 4.07. The summed E-state index contributed by atoms with van der Waals surface area (Å²) >= 11 is 0. The van der Waals surface area contributed by atoms with Crippen molar-refractivity contribution in [3.63, 3.8) is 0 Å². The summed E-state index contributed by atoms with van der Waals surface area (Å²) in [6.07, 6.45) is 1.66. The number of likely N-dealkylation sites (N-methyl/N-ethyl adjacent to an activating group) is 1. The second kappa shape index (κ2) is 4.61. The minimum Gasteiger partial charge on any atom is -0.355 e. The zero-order valence-electron chi connectivity index (χ0n) is 9.30. The molecule has 0 saturated heterocycles. The number of carbonyl (C=O) groups excluding carboxylic acids is 2. The molecule has 1 aliphatic carbocycles. The van der Waals surface area contributed by atoms with Gasteiger partial charge >= 0.3 is 0 Å². The van der Waals surface area contributed by atoms with E-state index in [1.807, 2.05) is 6.92 Å². The molecular formula is C10H19N3O2. The zero-order chi connectivity index (χ0) is 11.5. The summed E-state index contributed by atoms with van der Waals surface area (Å²) in [5.41, 5.74) is 5.13. The maximum Gasteiger partial charge on any atom is 0.242 e. The van der Waals surface area contributed by atoms with Crippen molar-refractivity contribution in [2.75, 3.05) is 13.1 Å². The van der Waals surface area contributed by atoms with Gasteiger partial charge < -0.3 is 16.4 Å². The van der Waals surface area contributed by atoms with Crippen molar-refractivity contribution in [1.82, 2.24) is 10.6 Å². The lowest BCUT2D eigenvalue weighted by Crippen LogP contribution is -2.48. The average Bonchev–Trinajstić information content (AvgIpc) is 2.98. The SMILES string of the molecule is CCNC(=O)C(C)NC(=O)C1(CN)CC1. The standard InChI is InChI=1S/C10H19N3O2/c1-3-12-8(14)7(2)13-9(15)10(6-11)4-5-10/h7H,3-6,11H2,1-2H3,(H,12,14)(H,13,15). The third kappa shape index (κ3) is 2.68. The summed E-state index contributed by atoms with van der Waals surface area (Å²) in [5.74, 6) is -0.248. The van der Waals surface area contributed by atoms with Gasteiger partial charge in [-0.1, -0.05) is 0 Å². The van der Waals surface area contributed by atoms with Crippen LogP contribution in [0.2, 0.25) is 0 Å². The molecule has 86 valence electrons. The second-order valence-corrected chi connectivity index (χ2v) is 4.07. The summed E-state index contributed by atoms with van der Waals surface area (Å²) in [5, 5.41) is 5.34. The molecule has 0 aromatic heterocycles. The van der Waals surface area contributed by atoms with E-state index in [9.17, 15) is 9.59 Å². The van der Waals surface area contributed by atoms with Crippen LogP contribution in [-0.4, -0.2) is 30.9 Å². The van der Waals surface area contributed by atoms with E-state index in [0.717, 1.165) is 12.8 Å². The van der Waals surface area contributed by atoms with Crippen molar-refractivity contribution in [2.24, 2.45) is 11.1 Å². The van der Waals surface area contributed by atoms with Gasteiger partial charge in [0.2, 0.25) is 11.8 Å². The van der Waals surface area contributed by atoms with E-state index in [0.29, 0.717) is 13.1 Å². The van der Waals surface area contributed by atoms with E-state index in [1.165, 1.54) is 0 Å². The molecule has 1 atom stereocenters. The number of hydrogen-bond acceptors (Lipinski definition) is 3. The van der Waals surface area contributed by atoms with Crippen LogP contribution in [0.25, 0.3) is 0 Å². The van der Waals surface area contributed by atoms with Gasteiger partial charge in [0.25, 0.3) is 0 Å². The Labute approximate surface area is 89.8 Å². The predicted octanol–water partition coefficient (Wildman–Crippen LogP) is -0.634. The quantitative estimate of drug-likeness (QED) is 0.568. The smallest absolute Gasteiger partial charge is 0.242 e. The molecule has 1 fully saturated rings. The molecule has 0 bridgehead atoms. The van der Waals surface area contributed by atoms with Gasteiger partial charge in [-0.15, -0.1) is 0 Å². The Balaban J connectivity index is 2.41. The largest absolute Gasteiger partial charge is 0.355 e. The Morgan fingerprint density at radius 2 is 2.07 bits per heavy atom. The first kappa shape index (κ1) is 12.0. The van der Waals surface area contributed by atoms with E-state index < -0.39 is 6.04 Å². The molecule has 0 spiro atoms.